The molecule has 1 aliphatic rings. The summed E-state index contributed by atoms with van der Waals surface area (Å²) in [5.74, 6) is -1.65. The van der Waals surface area contributed by atoms with Gasteiger partial charge in [0.25, 0.3) is 11.7 Å². The Kier molecular flexibility index (Phi) is 6.48. The summed E-state index contributed by atoms with van der Waals surface area (Å²) in [6, 6.07) is 7.70. The summed E-state index contributed by atoms with van der Waals surface area (Å²) in [5, 5.41) is 11.1. The molecule has 1 unspecified atom stereocenters. The van der Waals surface area contributed by atoms with Gasteiger partial charge in [0.1, 0.15) is 17.3 Å². The summed E-state index contributed by atoms with van der Waals surface area (Å²) >= 11 is 0. The predicted octanol–water partition coefficient (Wildman–Crippen LogP) is 3.68. The third-order valence-corrected chi connectivity index (χ3v) is 5.14. The molecule has 1 amide bonds. The van der Waals surface area contributed by atoms with Gasteiger partial charge in [-0.15, -0.1) is 0 Å². The molecule has 0 aromatic heterocycles. The van der Waals surface area contributed by atoms with Gasteiger partial charge in [-0.3, -0.25) is 9.59 Å². The lowest BCUT2D eigenvalue weighted by Gasteiger charge is -2.25. The standard InChI is InChI=1S/C23H24FNO6/c1-5-10-25-20(13-6-8-17(30-3)18(11-13)31-4)19(22(27)23(25)28)21(26)15-12-14(24)7-9-16(15)29-2/h6-9,11-12,20,26H,5,10H2,1-4H3/b21-19+. The summed E-state index contributed by atoms with van der Waals surface area (Å²) in [6.45, 7) is 2.17. The molecule has 0 saturated carbocycles. The number of aliphatic hydroxyl groups is 1. The van der Waals surface area contributed by atoms with Gasteiger partial charge in [0.05, 0.1) is 38.5 Å². The van der Waals surface area contributed by atoms with E-state index in [1.165, 1.54) is 38.4 Å². The molecule has 1 fully saturated rings. The van der Waals surface area contributed by atoms with Crippen molar-refractivity contribution in [3.05, 3.63) is 58.9 Å². The lowest BCUT2D eigenvalue weighted by atomic mass is 9.94. The number of likely N-dealkylation sites (tertiary alicyclic amines) is 1. The number of rotatable bonds is 7. The zero-order valence-corrected chi connectivity index (χ0v) is 17.8. The highest BCUT2D eigenvalue weighted by Crippen LogP contribution is 2.43. The summed E-state index contributed by atoms with van der Waals surface area (Å²) in [4.78, 5) is 27.1. The van der Waals surface area contributed by atoms with Crippen LogP contribution < -0.4 is 14.2 Å². The second-order valence-corrected chi connectivity index (χ2v) is 6.95. The van der Waals surface area contributed by atoms with Crippen molar-refractivity contribution in [2.24, 2.45) is 0 Å². The minimum atomic E-state index is -0.882. The second-order valence-electron chi connectivity index (χ2n) is 6.95. The molecule has 1 atom stereocenters. The van der Waals surface area contributed by atoms with Crippen LogP contribution in [0.4, 0.5) is 4.39 Å². The van der Waals surface area contributed by atoms with Gasteiger partial charge >= 0.3 is 0 Å². The van der Waals surface area contributed by atoms with Crippen LogP contribution in [0, 0.1) is 5.82 Å². The molecule has 1 aliphatic heterocycles. The fourth-order valence-corrected chi connectivity index (χ4v) is 3.73. The molecule has 8 heteroatoms. The van der Waals surface area contributed by atoms with E-state index >= 15 is 0 Å². The van der Waals surface area contributed by atoms with Gasteiger partial charge in [-0.2, -0.15) is 0 Å². The van der Waals surface area contributed by atoms with E-state index in [-0.39, 0.29) is 16.9 Å². The number of halogens is 1. The summed E-state index contributed by atoms with van der Waals surface area (Å²) < 4.78 is 29.8. The minimum absolute atomic E-state index is 0.0116. The molecule has 1 saturated heterocycles. The Bertz CT molecular complexity index is 1050. The van der Waals surface area contributed by atoms with E-state index in [4.69, 9.17) is 14.2 Å². The van der Waals surface area contributed by atoms with Crippen molar-refractivity contribution < 1.29 is 33.3 Å². The number of ether oxygens (including phenoxy) is 3. The number of nitrogens with zero attached hydrogens (tertiary/aromatic N) is 1. The average Bonchev–Trinajstić information content (AvgIpc) is 3.03. The van der Waals surface area contributed by atoms with Crippen molar-refractivity contribution in [3.8, 4) is 17.2 Å². The van der Waals surface area contributed by atoms with Crippen LogP contribution in [-0.2, 0) is 9.59 Å². The molecule has 1 N–H and O–H groups in total. The largest absolute Gasteiger partial charge is 0.507 e. The molecule has 31 heavy (non-hydrogen) atoms. The van der Waals surface area contributed by atoms with E-state index in [2.05, 4.69) is 0 Å². The van der Waals surface area contributed by atoms with Crippen LogP contribution >= 0.6 is 0 Å². The fraction of sp³-hybridized carbons (Fsp3) is 0.304. The molecule has 3 rings (SSSR count). The van der Waals surface area contributed by atoms with E-state index in [0.29, 0.717) is 30.0 Å². The van der Waals surface area contributed by atoms with E-state index in [1.807, 2.05) is 6.92 Å². The molecular formula is C23H24FNO6. The molecular weight excluding hydrogens is 405 g/mol. The summed E-state index contributed by atoms with van der Waals surface area (Å²) in [6.07, 6.45) is 0.597. The van der Waals surface area contributed by atoms with Gasteiger partial charge < -0.3 is 24.2 Å². The Labute approximate surface area is 179 Å². The van der Waals surface area contributed by atoms with Crippen LogP contribution in [0.15, 0.2) is 42.0 Å². The van der Waals surface area contributed by atoms with Crippen LogP contribution in [0.1, 0.15) is 30.5 Å². The lowest BCUT2D eigenvalue weighted by molar-refractivity contribution is -0.139. The molecule has 2 aromatic carbocycles. The minimum Gasteiger partial charge on any atom is -0.507 e. The van der Waals surface area contributed by atoms with Crippen molar-refractivity contribution >= 4 is 17.4 Å². The van der Waals surface area contributed by atoms with Crippen LogP contribution in [0.5, 0.6) is 17.2 Å². The van der Waals surface area contributed by atoms with Crippen LogP contribution in [0.2, 0.25) is 0 Å². The number of aliphatic hydroxyl groups excluding tert-OH is 1. The quantitative estimate of drug-likeness (QED) is 0.411. The molecule has 0 radical (unpaired) electrons. The van der Waals surface area contributed by atoms with Gasteiger partial charge in [0.15, 0.2) is 11.5 Å². The number of methoxy groups -OCH3 is 3. The highest BCUT2D eigenvalue weighted by atomic mass is 19.1. The zero-order chi connectivity index (χ0) is 22.7. The monoisotopic (exact) mass is 429 g/mol. The lowest BCUT2D eigenvalue weighted by Crippen LogP contribution is -2.30. The van der Waals surface area contributed by atoms with Crippen molar-refractivity contribution in [2.45, 2.75) is 19.4 Å². The number of benzene rings is 2. The van der Waals surface area contributed by atoms with Gasteiger partial charge in [-0.05, 0) is 42.3 Å². The maximum atomic E-state index is 13.9. The number of amides is 1. The Morgan fingerprint density at radius 1 is 1.00 bits per heavy atom. The Morgan fingerprint density at radius 3 is 2.26 bits per heavy atom. The number of hydrogen-bond donors (Lipinski definition) is 1. The van der Waals surface area contributed by atoms with E-state index in [1.54, 1.807) is 18.2 Å². The smallest absolute Gasteiger partial charge is 0.295 e. The number of hydrogen-bond acceptors (Lipinski definition) is 6. The Balaban J connectivity index is 2.26. The normalized spacial score (nSPS) is 17.7. The van der Waals surface area contributed by atoms with E-state index in [0.717, 1.165) is 6.07 Å². The molecule has 0 bridgehead atoms. The molecule has 2 aromatic rings. The van der Waals surface area contributed by atoms with Crippen molar-refractivity contribution in [2.75, 3.05) is 27.9 Å². The van der Waals surface area contributed by atoms with Crippen molar-refractivity contribution in [1.29, 1.82) is 0 Å². The first-order valence-electron chi connectivity index (χ1n) is 9.72. The van der Waals surface area contributed by atoms with E-state index < -0.39 is 29.3 Å². The number of ketones is 1. The number of carbonyl (C=O) groups excluding carboxylic acids is 2. The van der Waals surface area contributed by atoms with Crippen molar-refractivity contribution in [1.82, 2.24) is 4.90 Å². The van der Waals surface area contributed by atoms with Gasteiger partial charge in [-0.25, -0.2) is 4.39 Å². The molecule has 1 heterocycles. The average molecular weight is 429 g/mol. The highest BCUT2D eigenvalue weighted by molar-refractivity contribution is 6.46. The number of carbonyl (C=O) groups is 2. The first kappa shape index (κ1) is 22.1. The van der Waals surface area contributed by atoms with E-state index in [9.17, 15) is 19.1 Å². The zero-order valence-electron chi connectivity index (χ0n) is 17.8. The summed E-state index contributed by atoms with van der Waals surface area (Å²) in [7, 11) is 4.34. The topological polar surface area (TPSA) is 85.3 Å². The molecule has 0 aliphatic carbocycles. The maximum absolute atomic E-state index is 13.9. The van der Waals surface area contributed by atoms with Gasteiger partial charge in [0, 0.05) is 6.54 Å². The van der Waals surface area contributed by atoms with Crippen molar-refractivity contribution in [3.63, 3.8) is 0 Å². The van der Waals surface area contributed by atoms with Crippen LogP contribution in [0.25, 0.3) is 5.76 Å². The molecule has 7 nitrogen and oxygen atoms in total. The summed E-state index contributed by atoms with van der Waals surface area (Å²) in [5.41, 5.74) is 0.388. The third kappa shape index (κ3) is 3.93. The Hall–Kier alpha value is -3.55. The third-order valence-electron chi connectivity index (χ3n) is 5.14. The van der Waals surface area contributed by atoms with Crippen LogP contribution in [0.3, 0.4) is 0 Å². The first-order valence-corrected chi connectivity index (χ1v) is 9.72. The Morgan fingerprint density at radius 2 is 1.65 bits per heavy atom. The molecule has 164 valence electrons. The fourth-order valence-electron chi connectivity index (χ4n) is 3.73. The van der Waals surface area contributed by atoms with Gasteiger partial charge in [-0.1, -0.05) is 13.0 Å². The second kappa shape index (κ2) is 9.07. The predicted molar refractivity (Wildman–Crippen MR) is 112 cm³/mol. The SMILES string of the molecule is CCCN1C(=O)C(=O)/C(=C(/O)c2cc(F)ccc2OC)C1c1ccc(OC)c(OC)c1. The van der Waals surface area contributed by atoms with Gasteiger partial charge in [0.2, 0.25) is 0 Å². The highest BCUT2D eigenvalue weighted by Gasteiger charge is 2.46. The first-order chi connectivity index (χ1) is 14.9. The van der Waals surface area contributed by atoms with Crippen LogP contribution in [-0.4, -0.2) is 49.6 Å². The molecule has 0 spiro atoms. The number of Topliss-reactive ketones (excluding diaryl/α,β-unsaturated/α-hetero) is 1. The maximum Gasteiger partial charge on any atom is 0.295 e.